The molecule has 0 saturated carbocycles. The molecule has 0 aliphatic carbocycles. The molecule has 0 fully saturated rings. The second kappa shape index (κ2) is 9.76. The number of carbonyl (C=O) groups excluding carboxylic acids is 2. The number of ether oxygens (including phenoxy) is 2. The van der Waals surface area contributed by atoms with Gasteiger partial charge in [0.05, 0.1) is 12.2 Å². The third-order valence-corrected chi connectivity index (χ3v) is 5.81. The topological polar surface area (TPSA) is 93.9 Å². The number of amides is 2. The summed E-state index contributed by atoms with van der Waals surface area (Å²) in [6.45, 7) is 7.19. The number of benzene rings is 1. The van der Waals surface area contributed by atoms with Crippen LogP contribution in [-0.2, 0) is 17.8 Å². The van der Waals surface area contributed by atoms with Gasteiger partial charge in [0, 0.05) is 18.0 Å². The summed E-state index contributed by atoms with van der Waals surface area (Å²) in [5, 5.41) is 3.32. The van der Waals surface area contributed by atoms with E-state index in [2.05, 4.69) is 17.1 Å². The summed E-state index contributed by atoms with van der Waals surface area (Å²) >= 11 is 1.43. The molecular weight excluding hydrogens is 390 g/mol. The van der Waals surface area contributed by atoms with Crippen molar-refractivity contribution < 1.29 is 19.1 Å². The number of hydrogen-bond acceptors (Lipinski definition) is 6. The Morgan fingerprint density at radius 2 is 1.86 bits per heavy atom. The third kappa shape index (κ3) is 5.27. The van der Waals surface area contributed by atoms with Crippen LogP contribution in [0.15, 0.2) is 24.3 Å². The van der Waals surface area contributed by atoms with E-state index in [0.717, 1.165) is 48.7 Å². The number of primary amides is 1. The van der Waals surface area contributed by atoms with E-state index in [1.165, 1.54) is 11.3 Å². The summed E-state index contributed by atoms with van der Waals surface area (Å²) in [5.41, 5.74) is 7.03. The minimum atomic E-state index is -0.505. The zero-order valence-electron chi connectivity index (χ0n) is 16.8. The fourth-order valence-electron chi connectivity index (χ4n) is 3.42. The van der Waals surface area contributed by atoms with Gasteiger partial charge in [0.2, 0.25) is 0 Å². The smallest absolute Gasteiger partial charge is 0.262 e. The summed E-state index contributed by atoms with van der Waals surface area (Å²) in [6.07, 6.45) is 1.85. The molecule has 0 saturated heterocycles. The number of carbonyl (C=O) groups is 2. The number of fused-ring (bicyclic) bond motifs is 1. The van der Waals surface area contributed by atoms with Gasteiger partial charge in [-0.1, -0.05) is 6.92 Å². The van der Waals surface area contributed by atoms with Crippen LogP contribution in [0, 0.1) is 0 Å². The maximum atomic E-state index is 12.4. The number of nitrogens with one attached hydrogen (secondary N) is 1. The summed E-state index contributed by atoms with van der Waals surface area (Å²) in [5.74, 6) is 0.482. The maximum absolute atomic E-state index is 12.4. The molecule has 0 atom stereocenters. The van der Waals surface area contributed by atoms with Gasteiger partial charge in [0.25, 0.3) is 11.8 Å². The van der Waals surface area contributed by atoms with Crippen LogP contribution in [0.3, 0.4) is 0 Å². The fourth-order valence-corrected chi connectivity index (χ4v) is 4.73. The highest BCUT2D eigenvalue weighted by Gasteiger charge is 2.27. The molecule has 29 heavy (non-hydrogen) atoms. The molecule has 7 nitrogen and oxygen atoms in total. The lowest BCUT2D eigenvalue weighted by atomic mass is 10.0. The summed E-state index contributed by atoms with van der Waals surface area (Å²) in [7, 11) is 0. The van der Waals surface area contributed by atoms with Gasteiger partial charge in [-0.15, -0.1) is 11.3 Å². The molecule has 2 amide bonds. The Morgan fingerprint density at radius 3 is 2.48 bits per heavy atom. The first kappa shape index (κ1) is 21.1. The van der Waals surface area contributed by atoms with Crippen molar-refractivity contribution in [1.82, 2.24) is 4.90 Å². The van der Waals surface area contributed by atoms with Gasteiger partial charge in [-0.3, -0.25) is 14.5 Å². The summed E-state index contributed by atoms with van der Waals surface area (Å²) in [4.78, 5) is 27.9. The van der Waals surface area contributed by atoms with E-state index >= 15 is 0 Å². The van der Waals surface area contributed by atoms with Crippen LogP contribution in [0.2, 0.25) is 0 Å². The zero-order valence-corrected chi connectivity index (χ0v) is 17.6. The zero-order chi connectivity index (χ0) is 20.8. The Balaban J connectivity index is 1.64. The first-order chi connectivity index (χ1) is 14.0. The van der Waals surface area contributed by atoms with Crippen molar-refractivity contribution in [3.05, 3.63) is 40.3 Å². The van der Waals surface area contributed by atoms with Crippen molar-refractivity contribution >= 4 is 28.2 Å². The Morgan fingerprint density at radius 1 is 1.17 bits per heavy atom. The number of rotatable bonds is 9. The van der Waals surface area contributed by atoms with E-state index < -0.39 is 5.91 Å². The third-order valence-electron chi connectivity index (χ3n) is 4.68. The standard InChI is InChI=1S/C21H27N3O4S/c1-3-10-24-11-9-16-17(12-24)29-21(19(16)20(22)26)23-18(25)13-28-15-7-5-14(6-8-15)27-4-2/h5-8H,3-4,9-13H2,1-2H3,(H2,22,26)(H,23,25). The van der Waals surface area contributed by atoms with Crippen molar-refractivity contribution in [2.75, 3.05) is 31.6 Å². The Labute approximate surface area is 174 Å². The van der Waals surface area contributed by atoms with E-state index in [4.69, 9.17) is 15.2 Å². The average molecular weight is 418 g/mol. The first-order valence-corrected chi connectivity index (χ1v) is 10.7. The van der Waals surface area contributed by atoms with E-state index in [9.17, 15) is 9.59 Å². The molecule has 2 heterocycles. The minimum Gasteiger partial charge on any atom is -0.494 e. The molecule has 1 aromatic heterocycles. The van der Waals surface area contributed by atoms with Gasteiger partial charge in [0.1, 0.15) is 16.5 Å². The average Bonchev–Trinajstić information content (AvgIpc) is 3.05. The highest BCUT2D eigenvalue weighted by Crippen LogP contribution is 2.37. The predicted octanol–water partition coefficient (Wildman–Crippen LogP) is 3.03. The minimum absolute atomic E-state index is 0.156. The maximum Gasteiger partial charge on any atom is 0.262 e. The number of thiophene rings is 1. The molecule has 0 bridgehead atoms. The van der Waals surface area contributed by atoms with Gasteiger partial charge >= 0.3 is 0 Å². The van der Waals surface area contributed by atoms with Crippen molar-refractivity contribution in [2.45, 2.75) is 33.2 Å². The second-order valence-electron chi connectivity index (χ2n) is 6.84. The van der Waals surface area contributed by atoms with Gasteiger partial charge in [-0.2, -0.15) is 0 Å². The largest absolute Gasteiger partial charge is 0.494 e. The van der Waals surface area contributed by atoms with E-state index in [-0.39, 0.29) is 12.5 Å². The fraction of sp³-hybridized carbons (Fsp3) is 0.429. The van der Waals surface area contributed by atoms with Crippen LogP contribution < -0.4 is 20.5 Å². The summed E-state index contributed by atoms with van der Waals surface area (Å²) in [6, 6.07) is 7.08. The number of nitrogens with zero attached hydrogens (tertiary/aromatic N) is 1. The van der Waals surface area contributed by atoms with Gasteiger partial charge < -0.3 is 20.5 Å². The molecule has 0 spiro atoms. The molecule has 2 aromatic rings. The van der Waals surface area contributed by atoms with Crippen molar-refractivity contribution in [3.63, 3.8) is 0 Å². The van der Waals surface area contributed by atoms with Gasteiger partial charge in [-0.25, -0.2) is 0 Å². The van der Waals surface area contributed by atoms with Crippen LogP contribution >= 0.6 is 11.3 Å². The number of anilines is 1. The van der Waals surface area contributed by atoms with Crippen LogP contribution in [-0.4, -0.2) is 43.0 Å². The van der Waals surface area contributed by atoms with E-state index in [0.29, 0.717) is 22.9 Å². The lowest BCUT2D eigenvalue weighted by Crippen LogP contribution is -2.31. The highest BCUT2D eigenvalue weighted by atomic mass is 32.1. The quantitative estimate of drug-likeness (QED) is 0.654. The monoisotopic (exact) mass is 417 g/mol. The first-order valence-electron chi connectivity index (χ1n) is 9.84. The Kier molecular flexibility index (Phi) is 7.11. The van der Waals surface area contributed by atoms with Crippen LogP contribution in [0.25, 0.3) is 0 Å². The van der Waals surface area contributed by atoms with Crippen molar-refractivity contribution in [3.8, 4) is 11.5 Å². The van der Waals surface area contributed by atoms with E-state index in [1.807, 2.05) is 6.92 Å². The molecule has 1 aromatic carbocycles. The van der Waals surface area contributed by atoms with Crippen LogP contribution in [0.5, 0.6) is 11.5 Å². The molecule has 0 unspecified atom stereocenters. The van der Waals surface area contributed by atoms with Crippen molar-refractivity contribution in [1.29, 1.82) is 0 Å². The van der Waals surface area contributed by atoms with Gasteiger partial charge in [0.15, 0.2) is 6.61 Å². The highest BCUT2D eigenvalue weighted by molar-refractivity contribution is 7.17. The number of hydrogen-bond donors (Lipinski definition) is 2. The molecule has 8 heteroatoms. The molecule has 1 aliphatic rings. The lowest BCUT2D eigenvalue weighted by Gasteiger charge is -2.26. The molecule has 156 valence electrons. The molecule has 3 N–H and O–H groups in total. The molecule has 1 aliphatic heterocycles. The SMILES string of the molecule is CCCN1CCc2c(sc(NC(=O)COc3ccc(OCC)cc3)c2C(N)=O)C1. The van der Waals surface area contributed by atoms with Gasteiger partial charge in [-0.05, 0) is 56.1 Å². The Bertz CT molecular complexity index is 864. The molecule has 3 rings (SSSR count). The van der Waals surface area contributed by atoms with E-state index in [1.54, 1.807) is 24.3 Å². The lowest BCUT2D eigenvalue weighted by molar-refractivity contribution is -0.118. The molecular formula is C21H27N3O4S. The predicted molar refractivity (Wildman–Crippen MR) is 114 cm³/mol. The summed E-state index contributed by atoms with van der Waals surface area (Å²) < 4.78 is 10.9. The van der Waals surface area contributed by atoms with Crippen LogP contribution in [0.1, 0.15) is 41.1 Å². The van der Waals surface area contributed by atoms with Crippen LogP contribution in [0.4, 0.5) is 5.00 Å². The normalized spacial score (nSPS) is 13.6. The number of nitrogens with two attached hydrogens (primary N) is 1. The van der Waals surface area contributed by atoms with Crippen molar-refractivity contribution in [2.24, 2.45) is 5.73 Å². The second-order valence-corrected chi connectivity index (χ2v) is 7.94. The molecule has 0 radical (unpaired) electrons. The Hall–Kier alpha value is -2.58.